The van der Waals surface area contributed by atoms with E-state index in [1.54, 1.807) is 0 Å². The van der Waals surface area contributed by atoms with Crippen molar-refractivity contribution in [3.63, 3.8) is 0 Å². The zero-order chi connectivity index (χ0) is 12.0. The summed E-state index contributed by atoms with van der Waals surface area (Å²) in [6.07, 6.45) is 5.16. The van der Waals surface area contributed by atoms with Crippen molar-refractivity contribution in [2.24, 2.45) is 0 Å². The Kier molecular flexibility index (Phi) is 4.75. The van der Waals surface area contributed by atoms with E-state index in [2.05, 4.69) is 11.0 Å². The Morgan fingerprint density at radius 2 is 2.25 bits per heavy atom. The van der Waals surface area contributed by atoms with Crippen molar-refractivity contribution >= 4 is 5.97 Å². The SMILES string of the molecule is CC1(C(=O)O)CCCCN1CCCCC#N. The molecular weight excluding hydrogens is 204 g/mol. The summed E-state index contributed by atoms with van der Waals surface area (Å²) >= 11 is 0. The number of rotatable bonds is 5. The van der Waals surface area contributed by atoms with Crippen molar-refractivity contribution in [3.8, 4) is 6.07 Å². The predicted octanol–water partition coefficient (Wildman–Crippen LogP) is 2.01. The van der Waals surface area contributed by atoms with E-state index < -0.39 is 11.5 Å². The standard InChI is InChI=1S/C12H20N2O2/c1-12(11(15)16)7-3-6-10-14(12)9-5-2-4-8-13/h2-7,9-10H2,1H3,(H,15,16). The first-order valence-electron chi connectivity index (χ1n) is 5.96. The van der Waals surface area contributed by atoms with Gasteiger partial charge in [0.25, 0.3) is 0 Å². The summed E-state index contributed by atoms with van der Waals surface area (Å²) in [6.45, 7) is 3.48. The molecule has 0 aromatic heterocycles. The number of hydrogen-bond acceptors (Lipinski definition) is 3. The Morgan fingerprint density at radius 1 is 1.50 bits per heavy atom. The molecular formula is C12H20N2O2. The van der Waals surface area contributed by atoms with Crippen molar-refractivity contribution in [3.05, 3.63) is 0 Å². The highest BCUT2D eigenvalue weighted by molar-refractivity contribution is 5.78. The summed E-state index contributed by atoms with van der Waals surface area (Å²) in [4.78, 5) is 13.3. The van der Waals surface area contributed by atoms with Crippen molar-refractivity contribution in [2.75, 3.05) is 13.1 Å². The molecule has 1 atom stereocenters. The van der Waals surface area contributed by atoms with Gasteiger partial charge in [0.15, 0.2) is 0 Å². The van der Waals surface area contributed by atoms with Crippen molar-refractivity contribution < 1.29 is 9.90 Å². The molecule has 1 fully saturated rings. The van der Waals surface area contributed by atoms with E-state index in [9.17, 15) is 9.90 Å². The van der Waals surface area contributed by atoms with Gasteiger partial charge >= 0.3 is 5.97 Å². The summed E-state index contributed by atoms with van der Waals surface area (Å²) in [5.41, 5.74) is -0.690. The summed E-state index contributed by atoms with van der Waals surface area (Å²) < 4.78 is 0. The van der Waals surface area contributed by atoms with Gasteiger partial charge in [0.2, 0.25) is 0 Å². The Hall–Kier alpha value is -1.08. The Labute approximate surface area is 96.9 Å². The molecule has 4 heteroatoms. The van der Waals surface area contributed by atoms with Crippen LogP contribution in [0.4, 0.5) is 0 Å². The van der Waals surface area contributed by atoms with Gasteiger partial charge in [0.05, 0.1) is 6.07 Å². The maximum Gasteiger partial charge on any atom is 0.323 e. The van der Waals surface area contributed by atoms with Gasteiger partial charge in [0.1, 0.15) is 5.54 Å². The van der Waals surface area contributed by atoms with E-state index in [0.29, 0.717) is 6.42 Å². The van der Waals surface area contributed by atoms with Crippen LogP contribution >= 0.6 is 0 Å². The minimum absolute atomic E-state index is 0.567. The molecule has 4 nitrogen and oxygen atoms in total. The summed E-state index contributed by atoms with van der Waals surface area (Å²) in [5, 5.41) is 17.7. The van der Waals surface area contributed by atoms with Crippen LogP contribution in [-0.2, 0) is 4.79 Å². The molecule has 0 bridgehead atoms. The van der Waals surface area contributed by atoms with Crippen LogP contribution in [0.5, 0.6) is 0 Å². The fourth-order valence-corrected chi connectivity index (χ4v) is 2.28. The van der Waals surface area contributed by atoms with Crippen LogP contribution in [0.1, 0.15) is 45.4 Å². The van der Waals surface area contributed by atoms with Gasteiger partial charge in [-0.25, -0.2) is 0 Å². The van der Waals surface area contributed by atoms with Gasteiger partial charge in [-0.2, -0.15) is 5.26 Å². The summed E-state index contributed by atoms with van der Waals surface area (Å²) in [7, 11) is 0. The van der Waals surface area contributed by atoms with Crippen molar-refractivity contribution in [1.29, 1.82) is 5.26 Å². The second kappa shape index (κ2) is 5.86. The van der Waals surface area contributed by atoms with Crippen LogP contribution in [0.3, 0.4) is 0 Å². The molecule has 1 saturated heterocycles. The number of aliphatic carboxylic acids is 1. The van der Waals surface area contributed by atoms with Gasteiger partial charge in [0, 0.05) is 6.42 Å². The Balaban J connectivity index is 2.48. The van der Waals surface area contributed by atoms with Crippen LogP contribution in [0.15, 0.2) is 0 Å². The van der Waals surface area contributed by atoms with E-state index in [-0.39, 0.29) is 0 Å². The van der Waals surface area contributed by atoms with Gasteiger partial charge in [-0.15, -0.1) is 0 Å². The summed E-state index contributed by atoms with van der Waals surface area (Å²) in [5.74, 6) is -0.715. The van der Waals surface area contributed by atoms with Gasteiger partial charge < -0.3 is 5.11 Å². The minimum atomic E-state index is -0.715. The highest BCUT2D eigenvalue weighted by Crippen LogP contribution is 2.28. The minimum Gasteiger partial charge on any atom is -0.480 e. The third kappa shape index (κ3) is 2.96. The molecule has 1 heterocycles. The first-order valence-corrected chi connectivity index (χ1v) is 5.96. The molecule has 0 aromatic carbocycles. The third-order valence-corrected chi connectivity index (χ3v) is 3.47. The van der Waals surface area contributed by atoms with Gasteiger partial charge in [-0.3, -0.25) is 9.69 Å². The quantitative estimate of drug-likeness (QED) is 0.725. The Morgan fingerprint density at radius 3 is 2.88 bits per heavy atom. The van der Waals surface area contributed by atoms with E-state index >= 15 is 0 Å². The van der Waals surface area contributed by atoms with Crippen LogP contribution in [0.25, 0.3) is 0 Å². The normalized spacial score (nSPS) is 26.2. The monoisotopic (exact) mass is 224 g/mol. The molecule has 90 valence electrons. The lowest BCUT2D eigenvalue weighted by Crippen LogP contribution is -2.55. The molecule has 0 aromatic rings. The lowest BCUT2D eigenvalue weighted by Gasteiger charge is -2.41. The largest absolute Gasteiger partial charge is 0.480 e. The lowest BCUT2D eigenvalue weighted by molar-refractivity contribution is -0.152. The molecule has 0 radical (unpaired) electrons. The Bertz CT molecular complexity index is 285. The number of nitrogens with zero attached hydrogens (tertiary/aromatic N) is 2. The number of hydrogen-bond donors (Lipinski definition) is 1. The highest BCUT2D eigenvalue weighted by Gasteiger charge is 2.40. The van der Waals surface area contributed by atoms with Gasteiger partial charge in [-0.1, -0.05) is 0 Å². The summed E-state index contributed by atoms with van der Waals surface area (Å²) in [6, 6.07) is 2.11. The van der Waals surface area contributed by atoms with Crippen LogP contribution < -0.4 is 0 Å². The first kappa shape index (κ1) is 13.0. The number of carboxylic acid groups (broad SMARTS) is 1. The molecule has 0 spiro atoms. The maximum absolute atomic E-state index is 11.3. The smallest absolute Gasteiger partial charge is 0.323 e. The fraction of sp³-hybridized carbons (Fsp3) is 0.833. The molecule has 1 unspecified atom stereocenters. The molecule has 0 saturated carbocycles. The van der Waals surface area contributed by atoms with E-state index in [1.165, 1.54) is 0 Å². The average Bonchev–Trinajstić information content (AvgIpc) is 2.26. The number of piperidine rings is 1. The number of likely N-dealkylation sites (tertiary alicyclic amines) is 1. The van der Waals surface area contributed by atoms with Crippen molar-refractivity contribution in [2.45, 2.75) is 51.0 Å². The zero-order valence-corrected chi connectivity index (χ0v) is 9.91. The number of nitriles is 1. The van der Waals surface area contributed by atoms with E-state index in [1.807, 2.05) is 6.92 Å². The average molecular weight is 224 g/mol. The molecule has 1 rings (SSSR count). The van der Waals surface area contributed by atoms with E-state index in [4.69, 9.17) is 5.26 Å². The van der Waals surface area contributed by atoms with Crippen LogP contribution in [-0.4, -0.2) is 34.6 Å². The van der Waals surface area contributed by atoms with Crippen LogP contribution in [0.2, 0.25) is 0 Å². The van der Waals surface area contributed by atoms with Crippen LogP contribution in [0, 0.1) is 11.3 Å². The number of carboxylic acids is 1. The molecule has 16 heavy (non-hydrogen) atoms. The molecule has 1 aliphatic rings. The van der Waals surface area contributed by atoms with E-state index in [0.717, 1.165) is 45.2 Å². The number of carbonyl (C=O) groups is 1. The van der Waals surface area contributed by atoms with Gasteiger partial charge in [-0.05, 0) is 52.1 Å². The first-order chi connectivity index (χ1) is 7.61. The maximum atomic E-state index is 11.3. The molecule has 1 N–H and O–H groups in total. The van der Waals surface area contributed by atoms with Crippen molar-refractivity contribution in [1.82, 2.24) is 4.90 Å². The third-order valence-electron chi connectivity index (χ3n) is 3.47. The zero-order valence-electron chi connectivity index (χ0n) is 9.91. The lowest BCUT2D eigenvalue weighted by atomic mass is 9.88. The molecule has 1 aliphatic heterocycles. The molecule has 0 aliphatic carbocycles. The highest BCUT2D eigenvalue weighted by atomic mass is 16.4. The topological polar surface area (TPSA) is 64.3 Å². The second-order valence-electron chi connectivity index (χ2n) is 4.64. The fourth-order valence-electron chi connectivity index (χ4n) is 2.28. The predicted molar refractivity (Wildman–Crippen MR) is 60.9 cm³/mol. The molecule has 0 amide bonds. The second-order valence-corrected chi connectivity index (χ2v) is 4.64. The number of unbranched alkanes of at least 4 members (excludes halogenated alkanes) is 2.